The number of phenolic OH excluding ortho intramolecular Hbond substituents is 1. The zero-order valence-corrected chi connectivity index (χ0v) is 9.01. The number of hydrogen-bond donors (Lipinski definition) is 2. The highest BCUT2D eigenvalue weighted by Crippen LogP contribution is 2.32. The zero-order valence-electron chi connectivity index (χ0n) is 8.25. The van der Waals surface area contributed by atoms with E-state index in [1.54, 1.807) is 19.2 Å². The fraction of sp³-hybridized carbons (Fsp3) is 0.400. The summed E-state index contributed by atoms with van der Waals surface area (Å²) in [7, 11) is 1.55. The Balaban J connectivity index is 3.07. The summed E-state index contributed by atoms with van der Waals surface area (Å²) < 4.78 is 5.04. The molecule has 14 heavy (non-hydrogen) atoms. The average molecular weight is 216 g/mol. The van der Waals surface area contributed by atoms with Crippen molar-refractivity contribution in [3.05, 3.63) is 22.7 Å². The fourth-order valence-corrected chi connectivity index (χ4v) is 1.48. The maximum atomic E-state index is 9.62. The molecule has 0 amide bonds. The number of rotatable bonds is 3. The van der Waals surface area contributed by atoms with Gasteiger partial charge in [0.25, 0.3) is 0 Å². The summed E-state index contributed by atoms with van der Waals surface area (Å²) in [5.74, 6) is 0.716. The van der Waals surface area contributed by atoms with Gasteiger partial charge in [-0.15, -0.1) is 0 Å². The molecule has 1 aromatic rings. The number of methoxy groups -OCH3 is 1. The Morgan fingerprint density at radius 3 is 2.71 bits per heavy atom. The molecule has 0 fully saturated rings. The topological polar surface area (TPSA) is 55.5 Å². The molecule has 0 aromatic heterocycles. The van der Waals surface area contributed by atoms with Gasteiger partial charge in [0.05, 0.1) is 12.1 Å². The third-order valence-corrected chi connectivity index (χ3v) is 2.18. The Morgan fingerprint density at radius 2 is 2.21 bits per heavy atom. The molecule has 0 radical (unpaired) electrons. The van der Waals surface area contributed by atoms with Gasteiger partial charge in [-0.2, -0.15) is 0 Å². The van der Waals surface area contributed by atoms with Crippen molar-refractivity contribution >= 4 is 11.6 Å². The lowest BCUT2D eigenvalue weighted by atomic mass is 10.1. The van der Waals surface area contributed by atoms with Crippen molar-refractivity contribution in [2.45, 2.75) is 19.4 Å². The summed E-state index contributed by atoms with van der Waals surface area (Å²) >= 11 is 5.81. The first-order chi connectivity index (χ1) is 6.54. The number of halogens is 1. The molecule has 4 heteroatoms. The highest BCUT2D eigenvalue weighted by atomic mass is 35.5. The average Bonchev–Trinajstić information content (AvgIpc) is 2.11. The standard InChI is InChI=1S/C10H14ClNO2/c1-6(12)3-7-4-8(14-2)5-9(11)10(7)13/h4-6,13H,3,12H2,1-2H3. The maximum Gasteiger partial charge on any atom is 0.137 e. The lowest BCUT2D eigenvalue weighted by Crippen LogP contribution is -2.17. The Kier molecular flexibility index (Phi) is 3.61. The van der Waals surface area contributed by atoms with Crippen molar-refractivity contribution in [2.24, 2.45) is 5.73 Å². The van der Waals surface area contributed by atoms with Crippen molar-refractivity contribution in [1.82, 2.24) is 0 Å². The second-order valence-corrected chi connectivity index (χ2v) is 3.71. The van der Waals surface area contributed by atoms with Crippen molar-refractivity contribution in [2.75, 3.05) is 7.11 Å². The number of phenols is 1. The molecular formula is C10H14ClNO2. The van der Waals surface area contributed by atoms with E-state index in [1.807, 2.05) is 6.92 Å². The molecule has 1 aromatic carbocycles. The third kappa shape index (κ3) is 2.53. The van der Waals surface area contributed by atoms with E-state index in [-0.39, 0.29) is 11.8 Å². The molecule has 3 nitrogen and oxygen atoms in total. The minimum Gasteiger partial charge on any atom is -0.506 e. The van der Waals surface area contributed by atoms with E-state index in [2.05, 4.69) is 0 Å². The Bertz CT molecular complexity index is 326. The van der Waals surface area contributed by atoms with Gasteiger partial charge in [0.2, 0.25) is 0 Å². The number of aromatic hydroxyl groups is 1. The smallest absolute Gasteiger partial charge is 0.137 e. The summed E-state index contributed by atoms with van der Waals surface area (Å²) in [5.41, 5.74) is 6.35. The van der Waals surface area contributed by atoms with Crippen LogP contribution in [0.5, 0.6) is 11.5 Å². The van der Waals surface area contributed by atoms with Crippen molar-refractivity contribution in [1.29, 1.82) is 0 Å². The lowest BCUT2D eigenvalue weighted by Gasteiger charge is -2.10. The normalized spacial score (nSPS) is 12.6. The Morgan fingerprint density at radius 1 is 1.57 bits per heavy atom. The van der Waals surface area contributed by atoms with E-state index in [1.165, 1.54) is 0 Å². The molecule has 0 bridgehead atoms. The lowest BCUT2D eigenvalue weighted by molar-refractivity contribution is 0.410. The van der Waals surface area contributed by atoms with Crippen LogP contribution in [0.4, 0.5) is 0 Å². The summed E-state index contributed by atoms with van der Waals surface area (Å²) in [6, 6.07) is 3.29. The van der Waals surface area contributed by atoms with Gasteiger partial charge in [0.1, 0.15) is 11.5 Å². The Hall–Kier alpha value is -0.930. The van der Waals surface area contributed by atoms with Gasteiger partial charge in [-0.3, -0.25) is 0 Å². The monoisotopic (exact) mass is 215 g/mol. The third-order valence-electron chi connectivity index (χ3n) is 1.89. The van der Waals surface area contributed by atoms with E-state index < -0.39 is 0 Å². The van der Waals surface area contributed by atoms with Crippen LogP contribution in [-0.2, 0) is 6.42 Å². The first kappa shape index (κ1) is 11.1. The van der Waals surface area contributed by atoms with Crippen LogP contribution in [0.2, 0.25) is 5.02 Å². The van der Waals surface area contributed by atoms with Crippen LogP contribution in [0, 0.1) is 0 Å². The van der Waals surface area contributed by atoms with Gasteiger partial charge in [-0.25, -0.2) is 0 Å². The van der Waals surface area contributed by atoms with Gasteiger partial charge >= 0.3 is 0 Å². The molecule has 0 spiro atoms. The van der Waals surface area contributed by atoms with E-state index >= 15 is 0 Å². The molecule has 1 unspecified atom stereocenters. The molecular weight excluding hydrogens is 202 g/mol. The minimum atomic E-state index is -0.0240. The van der Waals surface area contributed by atoms with Crippen LogP contribution in [0.3, 0.4) is 0 Å². The molecule has 0 saturated carbocycles. The summed E-state index contributed by atoms with van der Waals surface area (Å²) in [5, 5.41) is 9.92. The van der Waals surface area contributed by atoms with Crippen molar-refractivity contribution in [3.63, 3.8) is 0 Å². The maximum absolute atomic E-state index is 9.62. The predicted octanol–water partition coefficient (Wildman–Crippen LogP) is 1.94. The van der Waals surface area contributed by atoms with Crippen LogP contribution in [0.1, 0.15) is 12.5 Å². The summed E-state index contributed by atoms with van der Waals surface area (Å²) in [6.07, 6.45) is 0.572. The number of benzene rings is 1. The van der Waals surface area contributed by atoms with Crippen molar-refractivity contribution < 1.29 is 9.84 Å². The quantitative estimate of drug-likeness (QED) is 0.810. The number of nitrogens with two attached hydrogens (primary N) is 1. The minimum absolute atomic E-state index is 0.0240. The van der Waals surface area contributed by atoms with E-state index in [0.717, 1.165) is 0 Å². The zero-order chi connectivity index (χ0) is 10.7. The predicted molar refractivity (Wildman–Crippen MR) is 57.0 cm³/mol. The van der Waals surface area contributed by atoms with Gasteiger partial charge in [0.15, 0.2) is 0 Å². The second kappa shape index (κ2) is 4.53. The highest BCUT2D eigenvalue weighted by molar-refractivity contribution is 6.32. The fourth-order valence-electron chi connectivity index (χ4n) is 1.25. The van der Waals surface area contributed by atoms with Crippen LogP contribution < -0.4 is 10.5 Å². The second-order valence-electron chi connectivity index (χ2n) is 3.30. The molecule has 0 aliphatic carbocycles. The van der Waals surface area contributed by atoms with E-state index in [0.29, 0.717) is 22.8 Å². The highest BCUT2D eigenvalue weighted by Gasteiger charge is 2.10. The van der Waals surface area contributed by atoms with E-state index in [4.69, 9.17) is 22.1 Å². The van der Waals surface area contributed by atoms with Gasteiger partial charge in [0, 0.05) is 17.7 Å². The molecule has 1 rings (SSSR count). The van der Waals surface area contributed by atoms with Gasteiger partial charge in [-0.05, 0) is 19.4 Å². The molecule has 3 N–H and O–H groups in total. The van der Waals surface area contributed by atoms with Crippen molar-refractivity contribution in [3.8, 4) is 11.5 Å². The molecule has 1 atom stereocenters. The largest absolute Gasteiger partial charge is 0.506 e. The van der Waals surface area contributed by atoms with Gasteiger partial charge in [-0.1, -0.05) is 11.6 Å². The molecule has 0 aliphatic rings. The first-order valence-electron chi connectivity index (χ1n) is 4.35. The number of hydrogen-bond acceptors (Lipinski definition) is 3. The molecule has 0 saturated heterocycles. The van der Waals surface area contributed by atoms with Crippen LogP contribution in [0.15, 0.2) is 12.1 Å². The molecule has 0 aliphatic heterocycles. The van der Waals surface area contributed by atoms with Crippen LogP contribution in [0.25, 0.3) is 0 Å². The summed E-state index contributed by atoms with van der Waals surface area (Å²) in [6.45, 7) is 1.87. The molecule has 78 valence electrons. The van der Waals surface area contributed by atoms with Crippen LogP contribution in [-0.4, -0.2) is 18.3 Å². The number of ether oxygens (including phenoxy) is 1. The first-order valence-corrected chi connectivity index (χ1v) is 4.73. The van der Waals surface area contributed by atoms with Gasteiger partial charge < -0.3 is 15.6 Å². The SMILES string of the molecule is COc1cc(Cl)c(O)c(CC(C)N)c1. The van der Waals surface area contributed by atoms with E-state index in [9.17, 15) is 5.11 Å². The Labute approximate surface area is 88.4 Å². The summed E-state index contributed by atoms with van der Waals surface area (Å²) in [4.78, 5) is 0. The van der Waals surface area contributed by atoms with Crippen LogP contribution >= 0.6 is 11.6 Å². The molecule has 0 heterocycles.